The Bertz CT molecular complexity index is 1220. The zero-order chi connectivity index (χ0) is 28.0. The van der Waals surface area contributed by atoms with Crippen LogP contribution < -0.4 is 4.74 Å². The van der Waals surface area contributed by atoms with Crippen molar-refractivity contribution in [3.63, 3.8) is 0 Å². The van der Waals surface area contributed by atoms with Gasteiger partial charge in [0.2, 0.25) is 0 Å². The summed E-state index contributed by atoms with van der Waals surface area (Å²) in [6.07, 6.45) is 3.36. The van der Waals surface area contributed by atoms with E-state index >= 15 is 4.39 Å². The number of likely N-dealkylation sites (tertiary alicyclic amines) is 2. The van der Waals surface area contributed by atoms with E-state index in [1.54, 1.807) is 24.3 Å². The SMILES string of the molecule is CCC(F)(CC)CN1CCC(COc2ccc(-c3ccc(C(=O)N4CCC(N=O)C4)cc3F)cc2C#N)CC1. The van der Waals surface area contributed by atoms with Crippen molar-refractivity contribution in [1.82, 2.24) is 9.80 Å². The summed E-state index contributed by atoms with van der Waals surface area (Å²) in [5.74, 6) is -0.139. The summed E-state index contributed by atoms with van der Waals surface area (Å²) >= 11 is 0. The van der Waals surface area contributed by atoms with Crippen LogP contribution >= 0.6 is 0 Å². The van der Waals surface area contributed by atoms with Gasteiger partial charge in [-0.15, -0.1) is 0 Å². The topological polar surface area (TPSA) is 86.0 Å². The van der Waals surface area contributed by atoms with E-state index < -0.39 is 17.5 Å². The Labute approximate surface area is 228 Å². The molecule has 7 nitrogen and oxygen atoms in total. The molecule has 2 aromatic carbocycles. The molecule has 0 aromatic heterocycles. The van der Waals surface area contributed by atoms with Crippen LogP contribution in [0.4, 0.5) is 8.78 Å². The maximum Gasteiger partial charge on any atom is 0.254 e. The standard InChI is InChI=1S/C30H36F2N4O3/c1-3-30(32,4-2)20-35-12-9-21(10-13-35)19-39-28-8-6-22(15-24(28)17-33)26-7-5-23(16-27(26)31)29(37)36-14-11-25(18-36)34-38/h5-8,15-16,21,25H,3-4,9-14,18-20H2,1-2H3. The van der Waals surface area contributed by atoms with Crippen molar-refractivity contribution in [3.05, 3.63) is 58.2 Å². The van der Waals surface area contributed by atoms with Crippen LogP contribution in [-0.4, -0.2) is 66.7 Å². The number of hydrogen-bond donors (Lipinski definition) is 0. The lowest BCUT2D eigenvalue weighted by Gasteiger charge is -2.36. The van der Waals surface area contributed by atoms with Crippen molar-refractivity contribution >= 4 is 5.91 Å². The van der Waals surface area contributed by atoms with Gasteiger partial charge in [-0.2, -0.15) is 10.2 Å². The smallest absolute Gasteiger partial charge is 0.254 e. The number of hydrogen-bond acceptors (Lipinski definition) is 6. The molecular weight excluding hydrogens is 502 g/mol. The average Bonchev–Trinajstić information content (AvgIpc) is 3.46. The van der Waals surface area contributed by atoms with Crippen molar-refractivity contribution in [2.75, 3.05) is 39.3 Å². The lowest BCUT2D eigenvalue weighted by Crippen LogP contribution is -2.44. The van der Waals surface area contributed by atoms with Gasteiger partial charge in [-0.05, 0) is 80.9 Å². The van der Waals surface area contributed by atoms with E-state index in [1.165, 1.54) is 17.0 Å². The molecule has 1 amide bonds. The van der Waals surface area contributed by atoms with Crippen molar-refractivity contribution in [1.29, 1.82) is 5.26 Å². The van der Waals surface area contributed by atoms with Crippen LogP contribution in [0.3, 0.4) is 0 Å². The number of nitroso groups, excluding NO2 is 1. The van der Waals surface area contributed by atoms with Gasteiger partial charge >= 0.3 is 0 Å². The third kappa shape index (κ3) is 6.80. The summed E-state index contributed by atoms with van der Waals surface area (Å²) < 4.78 is 35.8. The largest absolute Gasteiger partial charge is 0.492 e. The van der Waals surface area contributed by atoms with E-state index in [1.807, 2.05) is 13.8 Å². The molecular formula is C30H36F2N4O3. The fourth-order valence-corrected chi connectivity index (χ4v) is 5.38. The number of carbonyl (C=O) groups excluding carboxylic acids is 1. The van der Waals surface area contributed by atoms with Gasteiger partial charge in [0, 0.05) is 30.8 Å². The number of piperidine rings is 1. The lowest BCUT2D eigenvalue weighted by atomic mass is 9.94. The van der Waals surface area contributed by atoms with Gasteiger partial charge in [0.25, 0.3) is 5.91 Å². The van der Waals surface area contributed by atoms with E-state index in [2.05, 4.69) is 16.1 Å². The van der Waals surface area contributed by atoms with E-state index in [9.17, 15) is 19.4 Å². The first kappa shape index (κ1) is 28.6. The van der Waals surface area contributed by atoms with Crippen LogP contribution in [0.5, 0.6) is 5.75 Å². The number of rotatable bonds is 10. The Kier molecular flexibility index (Phi) is 9.28. The van der Waals surface area contributed by atoms with Crippen LogP contribution in [0.15, 0.2) is 41.6 Å². The Morgan fingerprint density at radius 2 is 1.87 bits per heavy atom. The van der Waals surface area contributed by atoms with E-state index in [4.69, 9.17) is 4.74 Å². The summed E-state index contributed by atoms with van der Waals surface area (Å²) in [4.78, 5) is 27.1. The monoisotopic (exact) mass is 538 g/mol. The number of ether oxygens (including phenoxy) is 1. The first-order chi connectivity index (χ1) is 18.8. The molecule has 1 unspecified atom stereocenters. The maximum atomic E-state index is 15.1. The minimum Gasteiger partial charge on any atom is -0.492 e. The van der Waals surface area contributed by atoms with Crippen molar-refractivity contribution < 1.29 is 18.3 Å². The number of benzene rings is 2. The second-order valence-corrected chi connectivity index (χ2v) is 10.7. The molecule has 2 aliphatic heterocycles. The van der Waals surface area contributed by atoms with Gasteiger partial charge in [-0.25, -0.2) is 8.78 Å². The zero-order valence-electron chi connectivity index (χ0n) is 22.7. The molecule has 2 aromatic rings. The number of nitriles is 1. The van der Waals surface area contributed by atoms with Gasteiger partial charge < -0.3 is 14.5 Å². The minimum atomic E-state index is -1.13. The quantitative estimate of drug-likeness (QED) is 0.348. The molecule has 2 fully saturated rings. The van der Waals surface area contributed by atoms with E-state index in [0.717, 1.165) is 25.9 Å². The predicted octanol–water partition coefficient (Wildman–Crippen LogP) is 5.96. The summed E-state index contributed by atoms with van der Waals surface area (Å²) in [6.45, 7) is 7.04. The van der Waals surface area contributed by atoms with Crippen molar-refractivity contribution in [2.24, 2.45) is 11.1 Å². The third-order valence-electron chi connectivity index (χ3n) is 8.18. The molecule has 2 heterocycles. The van der Waals surface area contributed by atoms with Crippen LogP contribution in [0, 0.1) is 28.0 Å². The molecule has 208 valence electrons. The molecule has 0 N–H and O–H groups in total. The Morgan fingerprint density at radius 3 is 2.49 bits per heavy atom. The Balaban J connectivity index is 1.36. The van der Waals surface area contributed by atoms with Crippen LogP contribution in [0.2, 0.25) is 0 Å². The lowest BCUT2D eigenvalue weighted by molar-refractivity contribution is 0.0568. The fourth-order valence-electron chi connectivity index (χ4n) is 5.38. The highest BCUT2D eigenvalue weighted by Gasteiger charge is 2.31. The average molecular weight is 539 g/mol. The highest BCUT2D eigenvalue weighted by molar-refractivity contribution is 5.95. The summed E-state index contributed by atoms with van der Waals surface area (Å²) in [6, 6.07) is 11.0. The summed E-state index contributed by atoms with van der Waals surface area (Å²) in [7, 11) is 0. The zero-order valence-corrected chi connectivity index (χ0v) is 22.7. The molecule has 0 spiro atoms. The molecule has 1 atom stereocenters. The highest BCUT2D eigenvalue weighted by atomic mass is 19.1. The van der Waals surface area contributed by atoms with Crippen LogP contribution in [-0.2, 0) is 0 Å². The molecule has 2 saturated heterocycles. The fraction of sp³-hybridized carbons (Fsp3) is 0.533. The van der Waals surface area contributed by atoms with Crippen molar-refractivity contribution in [2.45, 2.75) is 57.7 Å². The Hall–Kier alpha value is -3.38. The summed E-state index contributed by atoms with van der Waals surface area (Å²) in [5.41, 5.74) is 0.169. The molecule has 0 bridgehead atoms. The molecule has 9 heteroatoms. The number of carbonyl (C=O) groups is 1. The van der Waals surface area contributed by atoms with Gasteiger partial charge in [-0.1, -0.05) is 31.2 Å². The molecule has 4 rings (SSSR count). The number of alkyl halides is 1. The van der Waals surface area contributed by atoms with Crippen LogP contribution in [0.25, 0.3) is 11.1 Å². The van der Waals surface area contributed by atoms with E-state index in [-0.39, 0.29) is 23.6 Å². The number of amides is 1. The van der Waals surface area contributed by atoms with Crippen LogP contribution in [0.1, 0.15) is 61.9 Å². The second kappa shape index (κ2) is 12.6. The van der Waals surface area contributed by atoms with E-state index in [0.29, 0.717) is 61.8 Å². The Morgan fingerprint density at radius 1 is 1.13 bits per heavy atom. The molecule has 0 saturated carbocycles. The summed E-state index contributed by atoms with van der Waals surface area (Å²) in [5, 5.41) is 12.7. The first-order valence-electron chi connectivity index (χ1n) is 13.8. The van der Waals surface area contributed by atoms with Gasteiger partial charge in [0.1, 0.15) is 29.3 Å². The minimum absolute atomic E-state index is 0.205. The van der Waals surface area contributed by atoms with Gasteiger partial charge in [0.15, 0.2) is 0 Å². The van der Waals surface area contributed by atoms with Gasteiger partial charge in [-0.3, -0.25) is 4.79 Å². The predicted molar refractivity (Wildman–Crippen MR) is 146 cm³/mol. The molecule has 0 aliphatic carbocycles. The number of halogens is 2. The van der Waals surface area contributed by atoms with Crippen molar-refractivity contribution in [3.8, 4) is 22.9 Å². The maximum absolute atomic E-state index is 15.1. The molecule has 2 aliphatic rings. The number of nitrogens with zero attached hydrogens (tertiary/aromatic N) is 4. The first-order valence-corrected chi connectivity index (χ1v) is 13.8. The molecule has 39 heavy (non-hydrogen) atoms. The van der Waals surface area contributed by atoms with Gasteiger partial charge in [0.05, 0.1) is 12.2 Å². The highest BCUT2D eigenvalue weighted by Crippen LogP contribution is 2.31. The third-order valence-corrected chi connectivity index (χ3v) is 8.18. The normalized spacial score (nSPS) is 18.6. The molecule has 0 radical (unpaired) electrons. The second-order valence-electron chi connectivity index (χ2n) is 10.7.